The predicted octanol–water partition coefficient (Wildman–Crippen LogP) is 3.37. The number of amides is 1. The van der Waals surface area contributed by atoms with Crippen molar-refractivity contribution in [3.05, 3.63) is 42.2 Å². The summed E-state index contributed by atoms with van der Waals surface area (Å²) < 4.78 is 5.88. The molecule has 2 aromatic rings. The van der Waals surface area contributed by atoms with E-state index in [0.717, 1.165) is 31.0 Å². The fourth-order valence-electron chi connectivity index (χ4n) is 4.80. The second-order valence-corrected chi connectivity index (χ2v) is 8.12. The monoisotopic (exact) mass is 365 g/mol. The highest BCUT2D eigenvalue weighted by Gasteiger charge is 2.35. The van der Waals surface area contributed by atoms with Crippen LogP contribution in [0.3, 0.4) is 0 Å². The average molecular weight is 365 g/mol. The Kier molecular flexibility index (Phi) is 4.40. The minimum Gasteiger partial charge on any atom is -0.451 e. The van der Waals surface area contributed by atoms with Crippen LogP contribution in [0, 0.1) is 5.92 Å². The number of nitrogens with one attached hydrogen (secondary N) is 1. The van der Waals surface area contributed by atoms with Crippen LogP contribution in [0.5, 0.6) is 0 Å². The van der Waals surface area contributed by atoms with Gasteiger partial charge in [0.1, 0.15) is 5.76 Å². The Morgan fingerprint density at radius 3 is 2.37 bits per heavy atom. The summed E-state index contributed by atoms with van der Waals surface area (Å²) in [6, 6.07) is 12.4. The van der Waals surface area contributed by atoms with Crippen LogP contribution in [0.15, 0.2) is 40.8 Å². The fourth-order valence-corrected chi connectivity index (χ4v) is 4.80. The quantitative estimate of drug-likeness (QED) is 0.902. The first kappa shape index (κ1) is 16.9. The molecule has 4 aliphatic heterocycles. The van der Waals surface area contributed by atoms with Gasteiger partial charge in [-0.25, -0.2) is 0 Å². The molecule has 5 heteroatoms. The number of benzene rings is 1. The van der Waals surface area contributed by atoms with Gasteiger partial charge in [-0.2, -0.15) is 0 Å². The minimum absolute atomic E-state index is 0.0892. The Hall–Kier alpha value is -2.27. The molecule has 0 spiro atoms. The van der Waals surface area contributed by atoms with E-state index in [-0.39, 0.29) is 11.9 Å². The molecule has 4 aliphatic rings. The summed E-state index contributed by atoms with van der Waals surface area (Å²) in [4.78, 5) is 17.5. The summed E-state index contributed by atoms with van der Waals surface area (Å²) in [5.74, 6) is 1.69. The van der Waals surface area contributed by atoms with E-state index in [0.29, 0.717) is 11.7 Å². The van der Waals surface area contributed by atoms with E-state index in [2.05, 4.69) is 39.4 Å². The van der Waals surface area contributed by atoms with Gasteiger partial charge in [-0.3, -0.25) is 4.79 Å². The van der Waals surface area contributed by atoms with Crippen molar-refractivity contribution in [3.8, 4) is 11.3 Å². The zero-order chi connectivity index (χ0) is 18.2. The number of rotatable bonds is 4. The van der Waals surface area contributed by atoms with E-state index in [9.17, 15) is 4.79 Å². The SMILES string of the molecule is O=C(NC1CN2CCC1CC2)c1ccc(-c2ccc(N3CCCC3)cc2)o1. The van der Waals surface area contributed by atoms with Gasteiger partial charge < -0.3 is 19.5 Å². The molecule has 1 unspecified atom stereocenters. The predicted molar refractivity (Wildman–Crippen MR) is 106 cm³/mol. The summed E-state index contributed by atoms with van der Waals surface area (Å²) in [5, 5.41) is 3.20. The Morgan fingerprint density at radius 1 is 0.963 bits per heavy atom. The summed E-state index contributed by atoms with van der Waals surface area (Å²) in [5.41, 5.74) is 2.28. The minimum atomic E-state index is -0.0892. The summed E-state index contributed by atoms with van der Waals surface area (Å²) in [6.07, 6.45) is 4.94. The molecular formula is C22H27N3O2. The highest BCUT2D eigenvalue weighted by Crippen LogP contribution is 2.29. The molecule has 27 heavy (non-hydrogen) atoms. The summed E-state index contributed by atoms with van der Waals surface area (Å²) in [6.45, 7) is 5.61. The van der Waals surface area contributed by atoms with Crippen molar-refractivity contribution in [2.24, 2.45) is 5.92 Å². The molecule has 1 N–H and O–H groups in total. The molecular weight excluding hydrogens is 338 g/mol. The van der Waals surface area contributed by atoms with Gasteiger partial charge in [-0.1, -0.05) is 0 Å². The van der Waals surface area contributed by atoms with Crippen molar-refractivity contribution in [1.29, 1.82) is 0 Å². The molecule has 4 saturated heterocycles. The molecule has 0 radical (unpaired) electrons. The number of hydrogen-bond donors (Lipinski definition) is 1. The summed E-state index contributed by atoms with van der Waals surface area (Å²) >= 11 is 0. The molecule has 4 fully saturated rings. The van der Waals surface area contributed by atoms with Crippen LogP contribution >= 0.6 is 0 Å². The van der Waals surface area contributed by atoms with Crippen molar-refractivity contribution in [2.75, 3.05) is 37.6 Å². The Bertz CT molecular complexity index is 799. The normalized spacial score (nSPS) is 27.1. The molecule has 0 saturated carbocycles. The van der Waals surface area contributed by atoms with Crippen LogP contribution in [0.2, 0.25) is 0 Å². The van der Waals surface area contributed by atoms with Crippen molar-refractivity contribution in [2.45, 2.75) is 31.7 Å². The first-order valence-electron chi connectivity index (χ1n) is 10.2. The molecule has 6 rings (SSSR count). The lowest BCUT2D eigenvalue weighted by Crippen LogP contribution is -2.57. The molecule has 2 bridgehead atoms. The van der Waals surface area contributed by atoms with E-state index in [4.69, 9.17) is 4.42 Å². The van der Waals surface area contributed by atoms with Crippen molar-refractivity contribution < 1.29 is 9.21 Å². The maximum Gasteiger partial charge on any atom is 0.287 e. The highest BCUT2D eigenvalue weighted by molar-refractivity contribution is 5.92. The van der Waals surface area contributed by atoms with E-state index in [1.54, 1.807) is 6.07 Å². The third-order valence-electron chi connectivity index (χ3n) is 6.43. The molecule has 0 aliphatic carbocycles. The molecule has 5 nitrogen and oxygen atoms in total. The molecule has 1 aromatic carbocycles. The fraction of sp³-hybridized carbons (Fsp3) is 0.500. The number of nitrogens with zero attached hydrogens (tertiary/aromatic N) is 2. The largest absolute Gasteiger partial charge is 0.451 e. The van der Waals surface area contributed by atoms with Crippen molar-refractivity contribution >= 4 is 11.6 Å². The van der Waals surface area contributed by atoms with E-state index in [1.807, 2.05) is 6.07 Å². The van der Waals surface area contributed by atoms with Gasteiger partial charge in [0.2, 0.25) is 0 Å². The van der Waals surface area contributed by atoms with Crippen LogP contribution in [0.25, 0.3) is 11.3 Å². The molecule has 1 amide bonds. The van der Waals surface area contributed by atoms with Crippen molar-refractivity contribution in [3.63, 3.8) is 0 Å². The van der Waals surface area contributed by atoms with Crippen molar-refractivity contribution in [1.82, 2.24) is 10.2 Å². The topological polar surface area (TPSA) is 48.7 Å². The van der Waals surface area contributed by atoms with Gasteiger partial charge in [0, 0.05) is 36.9 Å². The zero-order valence-electron chi connectivity index (χ0n) is 15.7. The Labute approximate surface area is 160 Å². The van der Waals surface area contributed by atoms with Gasteiger partial charge in [0.05, 0.1) is 0 Å². The Balaban J connectivity index is 1.26. The lowest BCUT2D eigenvalue weighted by molar-refractivity contribution is 0.0606. The maximum absolute atomic E-state index is 12.6. The third-order valence-corrected chi connectivity index (χ3v) is 6.43. The second kappa shape index (κ2) is 7.04. The van der Waals surface area contributed by atoms with Crippen LogP contribution in [-0.2, 0) is 0 Å². The number of fused-ring (bicyclic) bond motifs is 3. The number of piperidine rings is 3. The third kappa shape index (κ3) is 3.36. The standard InChI is InChI=1S/C22H27N3O2/c26-22(23-19-15-24-13-9-16(19)10-14-24)21-8-7-20(27-21)17-3-5-18(6-4-17)25-11-1-2-12-25/h3-8,16,19H,1-2,9-15H2,(H,23,26). The lowest BCUT2D eigenvalue weighted by atomic mass is 9.84. The van der Waals surface area contributed by atoms with Crippen LogP contribution < -0.4 is 10.2 Å². The van der Waals surface area contributed by atoms with Crippen LogP contribution in [-0.4, -0.2) is 49.6 Å². The maximum atomic E-state index is 12.6. The average Bonchev–Trinajstić information content (AvgIpc) is 3.41. The van der Waals surface area contributed by atoms with Gasteiger partial charge in [0.25, 0.3) is 5.91 Å². The van der Waals surface area contributed by atoms with Gasteiger partial charge in [0.15, 0.2) is 5.76 Å². The number of anilines is 1. The number of hydrogen-bond acceptors (Lipinski definition) is 4. The van der Waals surface area contributed by atoms with E-state index < -0.39 is 0 Å². The first-order valence-corrected chi connectivity index (χ1v) is 10.2. The number of carbonyl (C=O) groups is 1. The first-order chi connectivity index (χ1) is 13.3. The number of furan rings is 1. The molecule has 1 atom stereocenters. The smallest absolute Gasteiger partial charge is 0.287 e. The van der Waals surface area contributed by atoms with E-state index in [1.165, 1.54) is 44.5 Å². The number of carbonyl (C=O) groups excluding carboxylic acids is 1. The second-order valence-electron chi connectivity index (χ2n) is 8.12. The molecule has 142 valence electrons. The van der Waals surface area contributed by atoms with Gasteiger partial charge in [-0.05, 0) is 81.1 Å². The van der Waals surface area contributed by atoms with Crippen LogP contribution in [0.4, 0.5) is 5.69 Å². The lowest BCUT2D eigenvalue weighted by Gasteiger charge is -2.44. The van der Waals surface area contributed by atoms with Gasteiger partial charge in [-0.15, -0.1) is 0 Å². The van der Waals surface area contributed by atoms with Crippen LogP contribution in [0.1, 0.15) is 36.2 Å². The Morgan fingerprint density at radius 2 is 1.70 bits per heavy atom. The van der Waals surface area contributed by atoms with E-state index >= 15 is 0 Å². The van der Waals surface area contributed by atoms with Gasteiger partial charge >= 0.3 is 0 Å². The summed E-state index contributed by atoms with van der Waals surface area (Å²) in [7, 11) is 0. The highest BCUT2D eigenvalue weighted by atomic mass is 16.3. The zero-order valence-corrected chi connectivity index (χ0v) is 15.7. The molecule has 5 heterocycles. The molecule has 1 aromatic heterocycles.